The number of nitrogens with one attached hydrogen (secondary N) is 1. The number of aromatic nitrogens is 2. The molecule has 0 atom stereocenters. The van der Waals surface area contributed by atoms with Gasteiger partial charge < -0.3 is 10.2 Å². The zero-order valence-corrected chi connectivity index (χ0v) is 13.2. The molecule has 0 saturated carbocycles. The largest absolute Gasteiger partial charge is 0.370 e. The van der Waals surface area contributed by atoms with Gasteiger partial charge in [0.05, 0.1) is 0 Å². The van der Waals surface area contributed by atoms with E-state index in [0.717, 1.165) is 43.4 Å². The lowest BCUT2D eigenvalue weighted by molar-refractivity contribution is 0.639. The SMILES string of the molecule is CCNc1ncnc(N2CCSC(C)(C)C2)c1CC. The fourth-order valence-electron chi connectivity index (χ4n) is 2.52. The summed E-state index contributed by atoms with van der Waals surface area (Å²) in [5.41, 5.74) is 1.24. The predicted octanol–water partition coefficient (Wildman–Crippen LogP) is 2.80. The summed E-state index contributed by atoms with van der Waals surface area (Å²) in [6, 6.07) is 0. The molecule has 0 radical (unpaired) electrons. The van der Waals surface area contributed by atoms with Crippen molar-refractivity contribution in [2.45, 2.75) is 38.9 Å². The number of nitrogens with zero attached hydrogens (tertiary/aromatic N) is 3. The van der Waals surface area contributed by atoms with Crippen molar-refractivity contribution in [1.82, 2.24) is 9.97 Å². The lowest BCUT2D eigenvalue weighted by Crippen LogP contribution is -2.44. The minimum atomic E-state index is 0.298. The normalized spacial score (nSPS) is 18.4. The van der Waals surface area contributed by atoms with Gasteiger partial charge >= 0.3 is 0 Å². The molecule has 0 unspecified atom stereocenters. The Morgan fingerprint density at radius 2 is 2.16 bits per heavy atom. The Labute approximate surface area is 120 Å². The van der Waals surface area contributed by atoms with E-state index in [0.29, 0.717) is 4.75 Å². The van der Waals surface area contributed by atoms with Crippen molar-refractivity contribution < 1.29 is 0 Å². The highest BCUT2D eigenvalue weighted by Crippen LogP contribution is 2.33. The Bertz CT molecular complexity index is 433. The van der Waals surface area contributed by atoms with Crippen molar-refractivity contribution in [3.8, 4) is 0 Å². The van der Waals surface area contributed by atoms with E-state index >= 15 is 0 Å². The van der Waals surface area contributed by atoms with Gasteiger partial charge in [-0.1, -0.05) is 6.92 Å². The van der Waals surface area contributed by atoms with Crippen molar-refractivity contribution in [3.05, 3.63) is 11.9 Å². The highest BCUT2D eigenvalue weighted by molar-refractivity contribution is 8.00. The Morgan fingerprint density at radius 1 is 1.37 bits per heavy atom. The fraction of sp³-hybridized carbons (Fsp3) is 0.714. The van der Waals surface area contributed by atoms with E-state index in [4.69, 9.17) is 0 Å². The third kappa shape index (κ3) is 3.32. The molecule has 2 rings (SSSR count). The van der Waals surface area contributed by atoms with Crippen LogP contribution in [0.4, 0.5) is 11.6 Å². The molecule has 0 spiro atoms. The maximum Gasteiger partial charge on any atom is 0.137 e. The molecule has 5 heteroatoms. The number of anilines is 2. The van der Waals surface area contributed by atoms with Crippen LogP contribution in [-0.2, 0) is 6.42 Å². The van der Waals surface area contributed by atoms with Crippen LogP contribution in [0.25, 0.3) is 0 Å². The second-order valence-electron chi connectivity index (χ2n) is 5.44. The molecule has 4 nitrogen and oxygen atoms in total. The Balaban J connectivity index is 2.30. The first-order valence-corrected chi connectivity index (χ1v) is 8.02. The number of hydrogen-bond donors (Lipinski definition) is 1. The molecule has 0 aromatic carbocycles. The highest BCUT2D eigenvalue weighted by atomic mass is 32.2. The van der Waals surface area contributed by atoms with Crippen LogP contribution < -0.4 is 10.2 Å². The van der Waals surface area contributed by atoms with E-state index in [1.165, 1.54) is 5.56 Å². The van der Waals surface area contributed by atoms with Crippen LogP contribution in [0.5, 0.6) is 0 Å². The van der Waals surface area contributed by atoms with Gasteiger partial charge in [-0.3, -0.25) is 0 Å². The molecule has 1 aromatic heterocycles. The number of rotatable bonds is 4. The lowest BCUT2D eigenvalue weighted by Gasteiger charge is -2.39. The van der Waals surface area contributed by atoms with E-state index in [2.05, 4.69) is 47.9 Å². The number of hydrogen-bond acceptors (Lipinski definition) is 5. The van der Waals surface area contributed by atoms with Crippen LogP contribution in [0.15, 0.2) is 6.33 Å². The van der Waals surface area contributed by atoms with E-state index in [9.17, 15) is 0 Å². The van der Waals surface area contributed by atoms with Crippen molar-refractivity contribution in [3.63, 3.8) is 0 Å². The van der Waals surface area contributed by atoms with Crippen molar-refractivity contribution in [2.75, 3.05) is 35.6 Å². The summed E-state index contributed by atoms with van der Waals surface area (Å²) < 4.78 is 0.298. The first-order valence-electron chi connectivity index (χ1n) is 7.04. The molecule has 2 heterocycles. The van der Waals surface area contributed by atoms with Gasteiger partial charge in [0.15, 0.2) is 0 Å². The van der Waals surface area contributed by atoms with E-state index < -0.39 is 0 Å². The standard InChI is InChI=1S/C14H24N4S/c1-5-11-12(15-6-2)16-10-17-13(11)18-7-8-19-14(3,4)9-18/h10H,5-9H2,1-4H3,(H,15,16,17). The van der Waals surface area contributed by atoms with Gasteiger partial charge in [-0.15, -0.1) is 0 Å². The molecule has 1 fully saturated rings. The monoisotopic (exact) mass is 280 g/mol. The molecule has 1 N–H and O–H groups in total. The topological polar surface area (TPSA) is 41.1 Å². The van der Waals surface area contributed by atoms with Crippen molar-refractivity contribution in [2.24, 2.45) is 0 Å². The zero-order valence-electron chi connectivity index (χ0n) is 12.4. The van der Waals surface area contributed by atoms with Gasteiger partial charge in [0.1, 0.15) is 18.0 Å². The zero-order chi connectivity index (χ0) is 13.9. The summed E-state index contributed by atoms with van der Waals surface area (Å²) in [5.74, 6) is 3.27. The minimum absolute atomic E-state index is 0.298. The summed E-state index contributed by atoms with van der Waals surface area (Å²) in [6.45, 7) is 11.9. The summed E-state index contributed by atoms with van der Waals surface area (Å²) in [5, 5.41) is 3.34. The van der Waals surface area contributed by atoms with Gasteiger partial charge in [-0.05, 0) is 27.2 Å². The van der Waals surface area contributed by atoms with Crippen molar-refractivity contribution in [1.29, 1.82) is 0 Å². The van der Waals surface area contributed by atoms with E-state index in [1.54, 1.807) is 6.33 Å². The maximum absolute atomic E-state index is 4.55. The molecule has 1 saturated heterocycles. The average Bonchev–Trinajstić information content (AvgIpc) is 2.37. The molecule has 0 bridgehead atoms. The highest BCUT2D eigenvalue weighted by Gasteiger charge is 2.29. The third-order valence-electron chi connectivity index (χ3n) is 3.35. The minimum Gasteiger partial charge on any atom is -0.370 e. The maximum atomic E-state index is 4.55. The lowest BCUT2D eigenvalue weighted by atomic mass is 10.1. The van der Waals surface area contributed by atoms with Gasteiger partial charge in [-0.25, -0.2) is 9.97 Å². The summed E-state index contributed by atoms with van der Waals surface area (Å²) in [7, 11) is 0. The molecular weight excluding hydrogens is 256 g/mol. The average molecular weight is 280 g/mol. The van der Waals surface area contributed by atoms with Gasteiger partial charge in [0, 0.05) is 35.7 Å². The first-order chi connectivity index (χ1) is 9.07. The molecule has 1 aromatic rings. The van der Waals surface area contributed by atoms with E-state index in [-0.39, 0.29) is 0 Å². The quantitative estimate of drug-likeness (QED) is 0.918. The second kappa shape index (κ2) is 5.99. The van der Waals surface area contributed by atoms with Crippen LogP contribution in [0.2, 0.25) is 0 Å². The second-order valence-corrected chi connectivity index (χ2v) is 7.24. The Kier molecular flexibility index (Phi) is 4.55. The molecular formula is C14H24N4S. The molecule has 106 valence electrons. The van der Waals surface area contributed by atoms with E-state index in [1.807, 2.05) is 11.8 Å². The summed E-state index contributed by atoms with van der Waals surface area (Å²) in [4.78, 5) is 11.3. The van der Waals surface area contributed by atoms with Crippen LogP contribution >= 0.6 is 11.8 Å². The van der Waals surface area contributed by atoms with Gasteiger partial charge in [0.2, 0.25) is 0 Å². The Morgan fingerprint density at radius 3 is 2.79 bits per heavy atom. The fourth-order valence-corrected chi connectivity index (χ4v) is 3.63. The van der Waals surface area contributed by atoms with Crippen LogP contribution in [0, 0.1) is 0 Å². The first kappa shape index (κ1) is 14.4. The predicted molar refractivity (Wildman–Crippen MR) is 84.3 cm³/mol. The smallest absolute Gasteiger partial charge is 0.137 e. The molecule has 1 aliphatic heterocycles. The molecule has 19 heavy (non-hydrogen) atoms. The molecule has 0 aliphatic carbocycles. The Hall–Kier alpha value is -0.970. The molecule has 1 aliphatic rings. The van der Waals surface area contributed by atoms with Crippen molar-refractivity contribution >= 4 is 23.4 Å². The van der Waals surface area contributed by atoms with Crippen LogP contribution in [0.1, 0.15) is 33.3 Å². The summed E-state index contributed by atoms with van der Waals surface area (Å²) >= 11 is 2.05. The third-order valence-corrected chi connectivity index (χ3v) is 4.64. The van der Waals surface area contributed by atoms with Gasteiger partial charge in [-0.2, -0.15) is 11.8 Å². The number of thioether (sulfide) groups is 1. The van der Waals surface area contributed by atoms with Crippen LogP contribution in [0.3, 0.4) is 0 Å². The molecule has 0 amide bonds. The van der Waals surface area contributed by atoms with Crippen LogP contribution in [-0.4, -0.2) is 40.1 Å². The summed E-state index contributed by atoms with van der Waals surface area (Å²) in [6.07, 6.45) is 2.64. The van der Waals surface area contributed by atoms with Gasteiger partial charge in [0.25, 0.3) is 0 Å².